The van der Waals surface area contributed by atoms with Crippen molar-refractivity contribution in [2.24, 2.45) is 0 Å². The maximum atomic E-state index is 12.5. The Labute approximate surface area is 164 Å². The Bertz CT molecular complexity index is 738. The molecule has 8 heteroatoms. The number of hydrogen-bond donors (Lipinski definition) is 0. The zero-order valence-corrected chi connectivity index (χ0v) is 16.6. The third-order valence-electron chi connectivity index (χ3n) is 5.76. The number of fused-ring (bicyclic) bond motifs is 1. The minimum atomic E-state index is 0.0166. The molecule has 0 aliphatic carbocycles. The first-order chi connectivity index (χ1) is 13.2. The van der Waals surface area contributed by atoms with Crippen LogP contribution in [0.1, 0.15) is 30.5 Å². The van der Waals surface area contributed by atoms with Gasteiger partial charge in [-0.25, -0.2) is 4.68 Å². The van der Waals surface area contributed by atoms with E-state index in [0.29, 0.717) is 38.8 Å². The first-order valence-electron chi connectivity index (χ1n) is 9.98. The monoisotopic (exact) mass is 392 g/mol. The topological polar surface area (TPSA) is 67.7 Å². The van der Waals surface area contributed by atoms with Crippen LogP contribution >= 0.6 is 11.8 Å². The van der Waals surface area contributed by atoms with Gasteiger partial charge < -0.3 is 9.64 Å². The van der Waals surface area contributed by atoms with Crippen molar-refractivity contribution in [2.75, 3.05) is 45.1 Å². The van der Waals surface area contributed by atoms with Crippen LogP contribution in [0.15, 0.2) is 10.9 Å². The van der Waals surface area contributed by atoms with Crippen LogP contribution in [-0.4, -0.2) is 76.7 Å². The number of aromatic nitrogens is 2. The average Bonchev–Trinajstić information content (AvgIpc) is 3.00. The van der Waals surface area contributed by atoms with Crippen molar-refractivity contribution in [3.8, 4) is 0 Å². The molecule has 2 saturated heterocycles. The fourth-order valence-corrected chi connectivity index (χ4v) is 5.14. The molecule has 4 heterocycles. The molecule has 0 saturated carbocycles. The molecule has 0 N–H and O–H groups in total. The van der Waals surface area contributed by atoms with Gasteiger partial charge in [0.1, 0.15) is 0 Å². The summed E-state index contributed by atoms with van der Waals surface area (Å²) in [5, 5.41) is 4.67. The smallest absolute Gasteiger partial charge is 0.267 e. The van der Waals surface area contributed by atoms with E-state index in [1.807, 2.05) is 16.7 Å². The Balaban J connectivity index is 1.38. The molecule has 0 bridgehead atoms. The molecular formula is C19H28N4O3S. The van der Waals surface area contributed by atoms with Gasteiger partial charge in [0.15, 0.2) is 0 Å². The van der Waals surface area contributed by atoms with E-state index in [-0.39, 0.29) is 11.5 Å². The molecule has 1 atom stereocenters. The molecule has 0 spiro atoms. The van der Waals surface area contributed by atoms with Gasteiger partial charge in [-0.3, -0.25) is 14.5 Å². The highest BCUT2D eigenvalue weighted by Crippen LogP contribution is 2.22. The lowest BCUT2D eigenvalue weighted by Gasteiger charge is -2.28. The highest BCUT2D eigenvalue weighted by Gasteiger charge is 2.27. The first-order valence-corrected chi connectivity index (χ1v) is 11.1. The summed E-state index contributed by atoms with van der Waals surface area (Å²) in [6.07, 6.45) is 3.65. The molecule has 148 valence electrons. The normalized spacial score (nSPS) is 24.1. The third-order valence-corrected chi connectivity index (χ3v) is 6.77. The van der Waals surface area contributed by atoms with Crippen molar-refractivity contribution in [1.82, 2.24) is 19.6 Å². The number of amides is 1. The first kappa shape index (κ1) is 19.0. The van der Waals surface area contributed by atoms with Crippen LogP contribution < -0.4 is 5.56 Å². The Morgan fingerprint density at radius 2 is 2.11 bits per heavy atom. The van der Waals surface area contributed by atoms with Crippen LogP contribution in [0.3, 0.4) is 0 Å². The van der Waals surface area contributed by atoms with Crippen molar-refractivity contribution in [3.63, 3.8) is 0 Å². The summed E-state index contributed by atoms with van der Waals surface area (Å²) >= 11 is 1.87. The van der Waals surface area contributed by atoms with E-state index in [0.717, 1.165) is 61.7 Å². The largest absolute Gasteiger partial charge is 0.379 e. The van der Waals surface area contributed by atoms with Gasteiger partial charge in [-0.05, 0) is 30.7 Å². The number of hydrogen-bond acceptors (Lipinski definition) is 6. The molecule has 3 aliphatic rings. The van der Waals surface area contributed by atoms with Crippen molar-refractivity contribution < 1.29 is 9.53 Å². The van der Waals surface area contributed by atoms with Crippen LogP contribution in [0.4, 0.5) is 0 Å². The third kappa shape index (κ3) is 4.55. The molecule has 0 aromatic carbocycles. The minimum Gasteiger partial charge on any atom is -0.379 e. The summed E-state index contributed by atoms with van der Waals surface area (Å²) in [7, 11) is 0. The quantitative estimate of drug-likeness (QED) is 0.737. The SMILES string of the molecule is O=C1CCOCCN1CCN1CCCC1Cn1nc2c(cc1=O)CSCC2. The molecule has 4 rings (SSSR count). The summed E-state index contributed by atoms with van der Waals surface area (Å²) in [6.45, 7) is 5.11. The van der Waals surface area contributed by atoms with Crippen LogP contribution in [0, 0.1) is 0 Å². The number of aryl methyl sites for hydroxylation is 1. The number of likely N-dealkylation sites (tertiary alicyclic amines) is 1. The lowest BCUT2D eigenvalue weighted by Crippen LogP contribution is -2.43. The van der Waals surface area contributed by atoms with Gasteiger partial charge in [0.2, 0.25) is 5.91 Å². The molecule has 7 nitrogen and oxygen atoms in total. The number of ether oxygens (including phenoxy) is 1. The molecule has 1 aromatic heterocycles. The Kier molecular flexibility index (Phi) is 6.14. The summed E-state index contributed by atoms with van der Waals surface area (Å²) in [5.74, 6) is 2.18. The van der Waals surface area contributed by atoms with Crippen molar-refractivity contribution in [1.29, 1.82) is 0 Å². The van der Waals surface area contributed by atoms with Crippen LogP contribution in [0.25, 0.3) is 0 Å². The van der Waals surface area contributed by atoms with Gasteiger partial charge >= 0.3 is 0 Å². The van der Waals surface area contributed by atoms with E-state index in [1.54, 1.807) is 10.7 Å². The van der Waals surface area contributed by atoms with Gasteiger partial charge in [0, 0.05) is 43.9 Å². The Morgan fingerprint density at radius 3 is 3.04 bits per heavy atom. The zero-order chi connectivity index (χ0) is 18.6. The van der Waals surface area contributed by atoms with E-state index < -0.39 is 0 Å². The fraction of sp³-hybridized carbons (Fsp3) is 0.737. The molecule has 27 heavy (non-hydrogen) atoms. The number of carbonyl (C=O) groups excluding carboxylic acids is 1. The minimum absolute atomic E-state index is 0.0166. The summed E-state index contributed by atoms with van der Waals surface area (Å²) in [4.78, 5) is 29.0. The molecule has 0 radical (unpaired) electrons. The van der Waals surface area contributed by atoms with E-state index in [4.69, 9.17) is 4.74 Å². The predicted octanol–water partition coefficient (Wildman–Crippen LogP) is 0.746. The Morgan fingerprint density at radius 1 is 1.19 bits per heavy atom. The second-order valence-corrected chi connectivity index (χ2v) is 8.62. The molecule has 1 amide bonds. The van der Waals surface area contributed by atoms with Gasteiger partial charge in [0.25, 0.3) is 5.56 Å². The predicted molar refractivity (Wildman–Crippen MR) is 105 cm³/mol. The van der Waals surface area contributed by atoms with Crippen molar-refractivity contribution >= 4 is 17.7 Å². The number of rotatable bonds is 5. The molecule has 3 aliphatic heterocycles. The zero-order valence-electron chi connectivity index (χ0n) is 15.8. The second-order valence-electron chi connectivity index (χ2n) is 7.51. The lowest BCUT2D eigenvalue weighted by atomic mass is 10.2. The van der Waals surface area contributed by atoms with Crippen molar-refractivity contribution in [3.05, 3.63) is 27.7 Å². The Hall–Kier alpha value is -1.38. The number of thioether (sulfide) groups is 1. The summed E-state index contributed by atoms with van der Waals surface area (Å²) in [6, 6.07) is 2.11. The van der Waals surface area contributed by atoms with Gasteiger partial charge in [0.05, 0.1) is 31.9 Å². The van der Waals surface area contributed by atoms with E-state index in [9.17, 15) is 9.59 Å². The maximum absolute atomic E-state index is 12.5. The van der Waals surface area contributed by atoms with Gasteiger partial charge in [-0.1, -0.05) is 0 Å². The molecule has 1 aromatic rings. The number of carbonyl (C=O) groups is 1. The van der Waals surface area contributed by atoms with E-state index in [2.05, 4.69) is 10.00 Å². The molecule has 1 unspecified atom stereocenters. The molecular weight excluding hydrogens is 364 g/mol. The highest BCUT2D eigenvalue weighted by atomic mass is 32.2. The van der Waals surface area contributed by atoms with E-state index in [1.165, 1.54) is 0 Å². The van der Waals surface area contributed by atoms with E-state index >= 15 is 0 Å². The van der Waals surface area contributed by atoms with Crippen LogP contribution in [0.5, 0.6) is 0 Å². The standard InChI is InChI=1S/C19H28N4O3S/c24-18-3-9-26-10-8-22(18)7-6-21-5-1-2-16(21)13-23-19(25)12-15-14-27-11-4-17(15)20-23/h12,16H,1-11,13-14H2. The molecule has 2 fully saturated rings. The van der Waals surface area contributed by atoms with Gasteiger partial charge in [-0.15, -0.1) is 0 Å². The number of nitrogens with zero attached hydrogens (tertiary/aromatic N) is 4. The highest BCUT2D eigenvalue weighted by molar-refractivity contribution is 7.98. The lowest BCUT2D eigenvalue weighted by molar-refractivity contribution is -0.130. The fourth-order valence-electron chi connectivity index (χ4n) is 4.18. The summed E-state index contributed by atoms with van der Waals surface area (Å²) in [5.41, 5.74) is 2.22. The van der Waals surface area contributed by atoms with Gasteiger partial charge in [-0.2, -0.15) is 16.9 Å². The van der Waals surface area contributed by atoms with Crippen LogP contribution in [-0.2, 0) is 28.2 Å². The van der Waals surface area contributed by atoms with Crippen LogP contribution in [0.2, 0.25) is 0 Å². The average molecular weight is 393 g/mol. The van der Waals surface area contributed by atoms with Crippen molar-refractivity contribution in [2.45, 2.75) is 44.0 Å². The maximum Gasteiger partial charge on any atom is 0.267 e. The second kappa shape index (κ2) is 8.75. The summed E-state index contributed by atoms with van der Waals surface area (Å²) < 4.78 is 7.07.